The number of imide groups is 1. The zero-order valence-electron chi connectivity index (χ0n) is 14.4. The van der Waals surface area contributed by atoms with Gasteiger partial charge in [0.2, 0.25) is 5.91 Å². The molecule has 5 nitrogen and oxygen atoms in total. The lowest BCUT2D eigenvalue weighted by atomic mass is 10.1. The summed E-state index contributed by atoms with van der Waals surface area (Å²) in [6.45, 7) is 0.140. The summed E-state index contributed by atoms with van der Waals surface area (Å²) in [7, 11) is 3.12. The Balaban J connectivity index is 1.73. The molecule has 1 aliphatic heterocycles. The average molecular weight is 375 g/mol. The third-order valence-corrected chi connectivity index (χ3v) is 5.23. The molecule has 0 N–H and O–H groups in total. The van der Waals surface area contributed by atoms with Crippen LogP contribution in [0.4, 0.5) is 9.18 Å². The highest BCUT2D eigenvalue weighted by Gasteiger charge is 2.39. The molecule has 26 heavy (non-hydrogen) atoms. The number of hydrogen-bond donors (Lipinski definition) is 0. The highest BCUT2D eigenvalue weighted by molar-refractivity contribution is 8.15. The summed E-state index contributed by atoms with van der Waals surface area (Å²) in [6, 6.07) is 11.1. The molecule has 1 atom stereocenters. The maximum absolute atomic E-state index is 13.0. The van der Waals surface area contributed by atoms with Crippen LogP contribution in [0.25, 0.3) is 0 Å². The Kier molecular flexibility index (Phi) is 5.46. The van der Waals surface area contributed by atoms with Crippen LogP contribution in [-0.4, -0.2) is 35.5 Å². The second-order valence-corrected chi connectivity index (χ2v) is 6.96. The van der Waals surface area contributed by atoms with Crippen LogP contribution in [0.3, 0.4) is 0 Å². The topological polar surface area (TPSA) is 55.8 Å². The van der Waals surface area contributed by atoms with E-state index in [1.54, 1.807) is 38.5 Å². The molecule has 1 fully saturated rings. The molecule has 0 unspecified atom stereocenters. The third kappa shape index (κ3) is 3.83. The molecule has 0 bridgehead atoms. The number of halogens is 1. The fourth-order valence-corrected chi connectivity index (χ4v) is 3.78. The first-order chi connectivity index (χ1) is 12.5. The maximum Gasteiger partial charge on any atom is 0.289 e. The molecule has 2 aromatic rings. The van der Waals surface area contributed by atoms with Crippen molar-refractivity contribution in [2.75, 3.05) is 14.2 Å². The predicted octanol–water partition coefficient (Wildman–Crippen LogP) is 3.65. The average Bonchev–Trinajstić information content (AvgIpc) is 2.91. The number of carbonyl (C=O) groups is 2. The van der Waals surface area contributed by atoms with E-state index in [0.717, 1.165) is 17.3 Å². The van der Waals surface area contributed by atoms with Gasteiger partial charge in [0.15, 0.2) is 0 Å². The molecule has 1 heterocycles. The van der Waals surface area contributed by atoms with Gasteiger partial charge in [0.25, 0.3) is 5.24 Å². The van der Waals surface area contributed by atoms with Crippen molar-refractivity contribution in [3.05, 3.63) is 59.4 Å². The molecule has 3 rings (SSSR count). The summed E-state index contributed by atoms with van der Waals surface area (Å²) in [5, 5.41) is -0.804. The van der Waals surface area contributed by atoms with Gasteiger partial charge in [0.1, 0.15) is 17.3 Å². The monoisotopic (exact) mass is 375 g/mol. The molecule has 136 valence electrons. The second kappa shape index (κ2) is 7.78. The standard InChI is InChI=1S/C19H18FNO4S/c1-24-15-8-5-13(16(10-15)25-2)9-17-18(22)21(19(23)26-17)11-12-3-6-14(20)7-4-12/h3-8,10,17H,9,11H2,1-2H3/t17-/m0/s1. The van der Waals surface area contributed by atoms with Gasteiger partial charge < -0.3 is 9.47 Å². The van der Waals surface area contributed by atoms with Gasteiger partial charge in [-0.2, -0.15) is 0 Å². The largest absolute Gasteiger partial charge is 0.497 e. The first-order valence-corrected chi connectivity index (χ1v) is 8.87. The van der Waals surface area contributed by atoms with Gasteiger partial charge in [0, 0.05) is 6.07 Å². The number of carbonyl (C=O) groups excluding carboxylic acids is 2. The Morgan fingerprint density at radius 3 is 2.46 bits per heavy atom. The first kappa shape index (κ1) is 18.3. The lowest BCUT2D eigenvalue weighted by Gasteiger charge is -2.15. The molecule has 2 amide bonds. The fraction of sp³-hybridized carbons (Fsp3) is 0.263. The van der Waals surface area contributed by atoms with Crippen molar-refractivity contribution in [3.8, 4) is 11.5 Å². The van der Waals surface area contributed by atoms with E-state index in [1.807, 2.05) is 6.07 Å². The third-order valence-electron chi connectivity index (χ3n) is 4.16. The van der Waals surface area contributed by atoms with Crippen molar-refractivity contribution in [2.45, 2.75) is 18.2 Å². The van der Waals surface area contributed by atoms with Crippen LogP contribution < -0.4 is 9.47 Å². The quantitative estimate of drug-likeness (QED) is 0.771. The van der Waals surface area contributed by atoms with Crippen molar-refractivity contribution in [1.82, 2.24) is 4.90 Å². The van der Waals surface area contributed by atoms with Crippen LogP contribution in [0.5, 0.6) is 11.5 Å². The van der Waals surface area contributed by atoms with Crippen LogP contribution in [0.2, 0.25) is 0 Å². The van der Waals surface area contributed by atoms with Crippen molar-refractivity contribution in [2.24, 2.45) is 0 Å². The summed E-state index contributed by atoms with van der Waals surface area (Å²) in [6.07, 6.45) is 0.377. The number of nitrogens with zero attached hydrogens (tertiary/aromatic N) is 1. The fourth-order valence-electron chi connectivity index (χ4n) is 2.76. The zero-order valence-corrected chi connectivity index (χ0v) is 15.2. The van der Waals surface area contributed by atoms with Crippen LogP contribution >= 0.6 is 11.8 Å². The zero-order chi connectivity index (χ0) is 18.7. The van der Waals surface area contributed by atoms with E-state index >= 15 is 0 Å². The van der Waals surface area contributed by atoms with Crippen LogP contribution in [0.1, 0.15) is 11.1 Å². The summed E-state index contributed by atoms with van der Waals surface area (Å²) in [5.41, 5.74) is 1.53. The number of amides is 2. The van der Waals surface area contributed by atoms with E-state index < -0.39 is 5.25 Å². The molecule has 0 aromatic heterocycles. The minimum absolute atomic E-state index is 0.140. The van der Waals surface area contributed by atoms with E-state index in [-0.39, 0.29) is 23.5 Å². The second-order valence-electron chi connectivity index (χ2n) is 5.81. The number of benzene rings is 2. The van der Waals surface area contributed by atoms with Gasteiger partial charge >= 0.3 is 0 Å². The molecular weight excluding hydrogens is 357 g/mol. The molecule has 0 saturated carbocycles. The van der Waals surface area contributed by atoms with E-state index in [4.69, 9.17) is 9.47 Å². The van der Waals surface area contributed by atoms with Gasteiger partial charge in [-0.25, -0.2) is 4.39 Å². The van der Waals surface area contributed by atoms with E-state index in [9.17, 15) is 14.0 Å². The van der Waals surface area contributed by atoms with Gasteiger partial charge in [0.05, 0.1) is 26.0 Å². The van der Waals surface area contributed by atoms with Gasteiger partial charge in [-0.15, -0.1) is 0 Å². The molecule has 7 heteroatoms. The molecule has 0 spiro atoms. The van der Waals surface area contributed by atoms with Gasteiger partial charge in [-0.05, 0) is 35.7 Å². The number of methoxy groups -OCH3 is 2. The van der Waals surface area contributed by atoms with Crippen LogP contribution in [0, 0.1) is 5.82 Å². The summed E-state index contributed by atoms with van der Waals surface area (Å²) < 4.78 is 23.5. The Morgan fingerprint density at radius 1 is 1.08 bits per heavy atom. The minimum atomic E-state index is -0.509. The number of hydrogen-bond acceptors (Lipinski definition) is 5. The highest BCUT2D eigenvalue weighted by atomic mass is 32.2. The normalized spacial score (nSPS) is 16.9. The Morgan fingerprint density at radius 2 is 1.81 bits per heavy atom. The number of thioether (sulfide) groups is 1. The summed E-state index contributed by atoms with van der Waals surface area (Å²) >= 11 is 1.00. The SMILES string of the molecule is COc1ccc(C[C@@H]2SC(=O)N(Cc3ccc(F)cc3)C2=O)c(OC)c1. The lowest BCUT2D eigenvalue weighted by Crippen LogP contribution is -2.31. The van der Waals surface area contributed by atoms with Gasteiger partial charge in [-0.1, -0.05) is 30.0 Å². The Bertz CT molecular complexity index is 825. The number of ether oxygens (including phenoxy) is 2. The first-order valence-electron chi connectivity index (χ1n) is 7.99. The maximum atomic E-state index is 13.0. The number of rotatable bonds is 6. The summed E-state index contributed by atoms with van der Waals surface area (Å²) in [4.78, 5) is 26.1. The minimum Gasteiger partial charge on any atom is -0.497 e. The van der Waals surface area contributed by atoms with Crippen LogP contribution in [-0.2, 0) is 17.8 Å². The van der Waals surface area contributed by atoms with E-state index in [0.29, 0.717) is 23.5 Å². The predicted molar refractivity (Wildman–Crippen MR) is 97.0 cm³/mol. The molecule has 0 aliphatic carbocycles. The van der Waals surface area contributed by atoms with Crippen LogP contribution in [0.15, 0.2) is 42.5 Å². The lowest BCUT2D eigenvalue weighted by molar-refractivity contribution is -0.127. The van der Waals surface area contributed by atoms with Crippen molar-refractivity contribution >= 4 is 22.9 Å². The highest BCUT2D eigenvalue weighted by Crippen LogP contribution is 2.34. The molecule has 1 saturated heterocycles. The Labute approximate surface area is 155 Å². The van der Waals surface area contributed by atoms with Gasteiger partial charge in [-0.3, -0.25) is 14.5 Å². The van der Waals surface area contributed by atoms with E-state index in [2.05, 4.69) is 0 Å². The molecular formula is C19H18FNO4S. The van der Waals surface area contributed by atoms with Crippen molar-refractivity contribution in [1.29, 1.82) is 0 Å². The van der Waals surface area contributed by atoms with E-state index in [1.165, 1.54) is 17.0 Å². The molecule has 1 aliphatic rings. The Hall–Kier alpha value is -2.54. The molecule has 2 aromatic carbocycles. The smallest absolute Gasteiger partial charge is 0.289 e. The van der Waals surface area contributed by atoms with Crippen molar-refractivity contribution < 1.29 is 23.5 Å². The van der Waals surface area contributed by atoms with Crippen molar-refractivity contribution in [3.63, 3.8) is 0 Å². The summed E-state index contributed by atoms with van der Waals surface area (Å²) in [5.74, 6) is 0.668. The molecule has 0 radical (unpaired) electrons.